The third-order valence-electron chi connectivity index (χ3n) is 0.634. The Bertz CT molecular complexity index is 243. The minimum atomic E-state index is -3.68. The second-order valence-electron chi connectivity index (χ2n) is 1.75. The minimum Gasteiger partial charge on any atom is -0.273 e. The fourth-order valence-corrected chi connectivity index (χ4v) is 0.902. The molecule has 1 N–H and O–H groups in total. The van der Waals surface area contributed by atoms with Crippen molar-refractivity contribution in [3.05, 3.63) is 12.7 Å². The van der Waals surface area contributed by atoms with Crippen molar-refractivity contribution in [1.29, 1.82) is 0 Å². The average Bonchev–Trinajstić information content (AvgIpc) is 1.84. The molecule has 64 valence electrons. The van der Waals surface area contributed by atoms with E-state index in [4.69, 9.17) is 0 Å². The lowest BCUT2D eigenvalue weighted by Gasteiger charge is -2.00. The Morgan fingerprint density at radius 3 is 2.64 bits per heavy atom. The molecule has 1 amide bonds. The number of rotatable bonds is 4. The number of hydroxylamine groups is 1. The first-order valence-corrected chi connectivity index (χ1v) is 4.34. The van der Waals surface area contributed by atoms with Gasteiger partial charge in [-0.2, -0.15) is 8.42 Å². The highest BCUT2D eigenvalue weighted by Gasteiger charge is 2.08. The van der Waals surface area contributed by atoms with E-state index < -0.39 is 16.0 Å². The summed E-state index contributed by atoms with van der Waals surface area (Å²) in [6, 6.07) is 0. The summed E-state index contributed by atoms with van der Waals surface area (Å²) in [5.74, 6) is -0.898. The van der Waals surface area contributed by atoms with Crippen LogP contribution in [-0.4, -0.2) is 20.1 Å². The Kier molecular flexibility index (Phi) is 3.77. The van der Waals surface area contributed by atoms with E-state index in [0.29, 0.717) is 0 Å². The Balaban J connectivity index is 3.93. The second-order valence-corrected chi connectivity index (χ2v) is 3.37. The van der Waals surface area contributed by atoms with Crippen LogP contribution in [0, 0.1) is 0 Å². The number of hydrogen-bond donors (Lipinski definition) is 1. The minimum absolute atomic E-state index is 0.326. The van der Waals surface area contributed by atoms with Crippen molar-refractivity contribution in [1.82, 2.24) is 5.48 Å². The molecule has 0 aliphatic carbocycles. The van der Waals surface area contributed by atoms with Crippen LogP contribution in [-0.2, 0) is 19.2 Å². The molecule has 0 aromatic rings. The van der Waals surface area contributed by atoms with Crippen LogP contribution in [0.1, 0.15) is 6.92 Å². The Hall–Kier alpha value is -0.880. The molecular weight excluding hydrogens is 170 g/mol. The normalized spacial score (nSPS) is 10.6. The van der Waals surface area contributed by atoms with E-state index in [0.717, 1.165) is 13.0 Å². The van der Waals surface area contributed by atoms with Crippen LogP contribution < -0.4 is 5.48 Å². The highest BCUT2D eigenvalue weighted by Crippen LogP contribution is 1.89. The van der Waals surface area contributed by atoms with Gasteiger partial charge in [-0.25, -0.2) is 5.48 Å². The zero-order valence-corrected chi connectivity index (χ0v) is 6.85. The van der Waals surface area contributed by atoms with E-state index in [1.165, 1.54) is 0 Å². The average molecular weight is 179 g/mol. The predicted molar refractivity (Wildman–Crippen MR) is 38.9 cm³/mol. The molecule has 0 aromatic carbocycles. The summed E-state index contributed by atoms with van der Waals surface area (Å²) >= 11 is 0. The van der Waals surface area contributed by atoms with E-state index in [1.54, 1.807) is 5.48 Å². The van der Waals surface area contributed by atoms with Crippen molar-refractivity contribution in [2.24, 2.45) is 0 Å². The molecule has 0 unspecified atom stereocenters. The maximum absolute atomic E-state index is 10.6. The fourth-order valence-electron chi connectivity index (χ4n) is 0.301. The summed E-state index contributed by atoms with van der Waals surface area (Å²) < 4.78 is 25.3. The lowest BCUT2D eigenvalue weighted by atomic mass is 10.8. The molecule has 0 saturated carbocycles. The summed E-state index contributed by atoms with van der Waals surface area (Å²) in [7, 11) is -3.68. The number of carbonyl (C=O) groups excluding carboxylic acids is 1. The zero-order valence-electron chi connectivity index (χ0n) is 6.03. The van der Waals surface area contributed by atoms with Gasteiger partial charge in [0.25, 0.3) is 10.1 Å². The molecule has 0 aliphatic heterocycles. The van der Waals surface area contributed by atoms with Crippen molar-refractivity contribution < 1.29 is 17.5 Å². The van der Waals surface area contributed by atoms with Crippen LogP contribution in [0.15, 0.2) is 12.7 Å². The van der Waals surface area contributed by atoms with Crippen LogP contribution in [0.4, 0.5) is 0 Å². The number of amides is 1. The number of carbonyl (C=O) groups is 1. The van der Waals surface area contributed by atoms with E-state index in [9.17, 15) is 13.2 Å². The lowest BCUT2D eigenvalue weighted by molar-refractivity contribution is -0.125. The summed E-state index contributed by atoms with van der Waals surface area (Å²) in [6.45, 7) is 4.34. The van der Waals surface area contributed by atoms with Gasteiger partial charge < -0.3 is 0 Å². The summed E-state index contributed by atoms with van der Waals surface area (Å²) in [5.41, 5.74) is 1.70. The highest BCUT2D eigenvalue weighted by molar-refractivity contribution is 7.86. The van der Waals surface area contributed by atoms with Crippen LogP contribution in [0.25, 0.3) is 0 Å². The second kappa shape index (κ2) is 4.09. The Morgan fingerprint density at radius 1 is 1.73 bits per heavy atom. The summed E-state index contributed by atoms with van der Waals surface area (Å²) in [6.07, 6.45) is 1.16. The molecule has 0 aliphatic rings. The summed E-state index contributed by atoms with van der Waals surface area (Å²) in [5, 5.41) is 0. The van der Waals surface area contributed by atoms with Crippen LogP contribution >= 0.6 is 0 Å². The van der Waals surface area contributed by atoms with Crippen LogP contribution in [0.5, 0.6) is 0 Å². The van der Waals surface area contributed by atoms with Gasteiger partial charge in [0.2, 0.25) is 5.91 Å². The number of nitrogens with one attached hydrogen (secondary N) is 1. The third-order valence-corrected chi connectivity index (χ3v) is 1.62. The van der Waals surface area contributed by atoms with Gasteiger partial charge in [-0.15, -0.1) is 10.9 Å². The molecule has 0 fully saturated rings. The molecule has 0 bridgehead atoms. The van der Waals surface area contributed by atoms with Gasteiger partial charge in [0, 0.05) is 6.92 Å². The Morgan fingerprint density at radius 2 is 2.27 bits per heavy atom. The molecule has 11 heavy (non-hydrogen) atoms. The molecule has 0 rings (SSSR count). The number of hydrogen-bond acceptors (Lipinski definition) is 4. The van der Waals surface area contributed by atoms with E-state index >= 15 is 0 Å². The van der Waals surface area contributed by atoms with Gasteiger partial charge in [-0.05, 0) is 0 Å². The van der Waals surface area contributed by atoms with Crippen molar-refractivity contribution in [3.63, 3.8) is 0 Å². The van der Waals surface area contributed by atoms with Crippen LogP contribution in [0.2, 0.25) is 0 Å². The van der Waals surface area contributed by atoms with E-state index in [1.807, 2.05) is 0 Å². The molecular formula is C5H9NO4S. The van der Waals surface area contributed by atoms with Crippen molar-refractivity contribution in [2.45, 2.75) is 6.92 Å². The van der Waals surface area contributed by atoms with Gasteiger partial charge in [-0.3, -0.25) is 4.79 Å². The van der Waals surface area contributed by atoms with Crippen molar-refractivity contribution >= 4 is 16.0 Å². The maximum atomic E-state index is 10.6. The molecule has 0 atom stereocenters. The third kappa shape index (κ3) is 5.56. The first-order chi connectivity index (χ1) is 4.98. The van der Waals surface area contributed by atoms with Crippen LogP contribution in [0.3, 0.4) is 0 Å². The Labute approximate surface area is 65.1 Å². The predicted octanol–water partition coefficient (Wildman–Crippen LogP) is -0.430. The fraction of sp³-hybridized carbons (Fsp3) is 0.400. The quantitative estimate of drug-likeness (QED) is 0.469. The molecule has 0 spiro atoms. The molecule has 0 heterocycles. The van der Waals surface area contributed by atoms with Crippen molar-refractivity contribution in [2.75, 3.05) is 5.75 Å². The van der Waals surface area contributed by atoms with Gasteiger partial charge >= 0.3 is 0 Å². The highest BCUT2D eigenvalue weighted by atomic mass is 32.2. The molecule has 6 heteroatoms. The van der Waals surface area contributed by atoms with E-state index in [-0.39, 0.29) is 5.75 Å². The summed E-state index contributed by atoms with van der Waals surface area (Å²) in [4.78, 5) is 10.2. The van der Waals surface area contributed by atoms with Gasteiger partial charge in [0.1, 0.15) is 0 Å². The van der Waals surface area contributed by atoms with Gasteiger partial charge in [0.05, 0.1) is 5.75 Å². The van der Waals surface area contributed by atoms with Crippen molar-refractivity contribution in [3.8, 4) is 0 Å². The standard InChI is InChI=1S/C5H9NO4S/c1-3-4-11(8,9)10-6-5(2)7/h3H,1,4H2,2H3,(H,6,7). The molecule has 0 radical (unpaired) electrons. The largest absolute Gasteiger partial charge is 0.291 e. The van der Waals surface area contributed by atoms with E-state index in [2.05, 4.69) is 10.9 Å². The first kappa shape index (κ1) is 10.1. The molecule has 0 aromatic heterocycles. The first-order valence-electron chi connectivity index (χ1n) is 2.76. The molecule has 0 saturated heterocycles. The molecule has 5 nitrogen and oxygen atoms in total. The SMILES string of the molecule is C=CCS(=O)(=O)ONC(C)=O. The maximum Gasteiger partial charge on any atom is 0.291 e. The topological polar surface area (TPSA) is 72.5 Å². The van der Waals surface area contributed by atoms with Gasteiger partial charge in [0.15, 0.2) is 0 Å². The monoisotopic (exact) mass is 179 g/mol. The smallest absolute Gasteiger partial charge is 0.273 e. The zero-order chi connectivity index (χ0) is 8.91. The van der Waals surface area contributed by atoms with Gasteiger partial charge in [-0.1, -0.05) is 6.08 Å². The lowest BCUT2D eigenvalue weighted by Crippen LogP contribution is -2.25.